The molecule has 0 spiro atoms. The molecule has 6 rings (SSSR count). The van der Waals surface area contributed by atoms with Gasteiger partial charge in [-0.1, -0.05) is 12.1 Å². The summed E-state index contributed by atoms with van der Waals surface area (Å²) in [5, 5.41) is 7.66. The lowest BCUT2D eigenvalue weighted by Gasteiger charge is -2.44. The van der Waals surface area contributed by atoms with Crippen molar-refractivity contribution in [1.29, 1.82) is 0 Å². The Morgan fingerprint density at radius 1 is 1.17 bits per heavy atom. The van der Waals surface area contributed by atoms with Gasteiger partial charge in [-0.15, -0.1) is 10.2 Å². The second-order valence-electron chi connectivity index (χ2n) is 11.1. The van der Waals surface area contributed by atoms with Gasteiger partial charge in [0.05, 0.1) is 37.3 Å². The van der Waals surface area contributed by atoms with Gasteiger partial charge in [0, 0.05) is 45.0 Å². The van der Waals surface area contributed by atoms with E-state index in [0.717, 1.165) is 6.07 Å². The first-order valence-electron chi connectivity index (χ1n) is 13.1. The van der Waals surface area contributed by atoms with Crippen LogP contribution in [0.1, 0.15) is 44.6 Å². The van der Waals surface area contributed by atoms with Crippen LogP contribution >= 0.6 is 0 Å². The molecule has 8 nitrogen and oxygen atoms in total. The zero-order chi connectivity index (χ0) is 29.2. The van der Waals surface area contributed by atoms with Crippen molar-refractivity contribution >= 4 is 11.6 Å². The number of aromatic nitrogens is 3. The minimum Gasteiger partial charge on any atom is -0.381 e. The number of likely N-dealkylation sites (tertiary alicyclic amines) is 1. The molecule has 3 aromatic rings. The second-order valence-corrected chi connectivity index (χ2v) is 11.1. The van der Waals surface area contributed by atoms with E-state index in [2.05, 4.69) is 10.2 Å². The molecule has 3 aliphatic heterocycles. The largest absolute Gasteiger partial charge is 0.416 e. The number of aryl methyl sites for hydroxylation is 1. The number of carbonyl (C=O) groups excluding carboxylic acids is 1. The molecule has 0 radical (unpaired) electrons. The minimum atomic E-state index is -4.70. The lowest BCUT2D eigenvalue weighted by molar-refractivity contribution is -0.138. The summed E-state index contributed by atoms with van der Waals surface area (Å²) in [7, 11) is 3.02. The first-order chi connectivity index (χ1) is 19.4. The lowest BCUT2D eigenvalue weighted by atomic mass is 9.74. The first-order valence-corrected chi connectivity index (χ1v) is 13.1. The fraction of sp³-hybridized carbons (Fsp3) is 0.464. The highest BCUT2D eigenvalue weighted by atomic mass is 19.4. The molecule has 0 bridgehead atoms. The van der Waals surface area contributed by atoms with Crippen LogP contribution in [0.25, 0.3) is 0 Å². The fourth-order valence-electron chi connectivity index (χ4n) is 6.03. The van der Waals surface area contributed by atoms with Gasteiger partial charge in [-0.2, -0.15) is 13.2 Å². The van der Waals surface area contributed by atoms with Gasteiger partial charge in [0.1, 0.15) is 6.33 Å². The number of halogens is 5. The topological polar surface area (TPSA) is 72.7 Å². The van der Waals surface area contributed by atoms with E-state index >= 15 is 4.39 Å². The predicted molar refractivity (Wildman–Crippen MR) is 137 cm³/mol. The fourth-order valence-corrected chi connectivity index (χ4v) is 6.03. The third-order valence-corrected chi connectivity index (χ3v) is 8.14. The summed E-state index contributed by atoms with van der Waals surface area (Å²) in [6, 6.07) is 9.09. The molecule has 2 aromatic carbocycles. The third-order valence-electron chi connectivity index (χ3n) is 8.14. The van der Waals surface area contributed by atoms with Crippen LogP contribution in [0.3, 0.4) is 0 Å². The number of hydrogen-bond acceptors (Lipinski definition) is 6. The Labute approximate surface area is 232 Å². The molecule has 0 N–H and O–H groups in total. The van der Waals surface area contributed by atoms with Gasteiger partial charge in [-0.3, -0.25) is 9.69 Å². The van der Waals surface area contributed by atoms with Gasteiger partial charge >= 0.3 is 6.18 Å². The molecule has 4 heterocycles. The number of nitrogens with zero attached hydrogens (tertiary/aromatic N) is 5. The Kier molecular flexibility index (Phi) is 6.66. The molecule has 41 heavy (non-hydrogen) atoms. The summed E-state index contributed by atoms with van der Waals surface area (Å²) in [6.45, 7) is -0.116. The van der Waals surface area contributed by atoms with Crippen molar-refractivity contribution in [3.63, 3.8) is 0 Å². The van der Waals surface area contributed by atoms with Crippen molar-refractivity contribution in [2.45, 2.75) is 36.5 Å². The van der Waals surface area contributed by atoms with E-state index in [1.165, 1.54) is 29.0 Å². The van der Waals surface area contributed by atoms with Crippen molar-refractivity contribution in [1.82, 2.24) is 19.7 Å². The van der Waals surface area contributed by atoms with E-state index in [-0.39, 0.29) is 68.5 Å². The summed E-state index contributed by atoms with van der Waals surface area (Å²) < 4.78 is 84.6. The molecule has 0 aliphatic carbocycles. The normalized spacial score (nSPS) is 20.5. The highest BCUT2D eigenvalue weighted by molar-refractivity contribution is 6.10. The van der Waals surface area contributed by atoms with E-state index < -0.39 is 34.9 Å². The number of fused-ring (bicyclic) bond motifs is 1. The smallest absolute Gasteiger partial charge is 0.381 e. The molecule has 0 unspecified atom stereocenters. The Bertz CT molecular complexity index is 1480. The molecule has 218 valence electrons. The second kappa shape index (κ2) is 9.85. The molecular formula is C28H28F5N5O3. The van der Waals surface area contributed by atoms with Crippen LogP contribution in [0.4, 0.5) is 27.6 Å². The van der Waals surface area contributed by atoms with Gasteiger partial charge < -0.3 is 18.9 Å². The van der Waals surface area contributed by atoms with Gasteiger partial charge in [-0.05, 0) is 41.0 Å². The van der Waals surface area contributed by atoms with Gasteiger partial charge in [0.25, 0.3) is 5.91 Å². The zero-order valence-electron chi connectivity index (χ0n) is 22.4. The van der Waals surface area contributed by atoms with Crippen LogP contribution in [0.5, 0.6) is 0 Å². The van der Waals surface area contributed by atoms with Crippen molar-refractivity contribution in [3.8, 4) is 0 Å². The molecule has 0 saturated carbocycles. The Balaban J connectivity index is 1.29. The SMILES string of the molecule is COCC1(F)CN(Cc2cc3c(c(C(F)(F)F)c2)CN(c2cccc(C4([C@H](F)c5nncn5C)COC4)c2)C3=O)C1. The van der Waals surface area contributed by atoms with Crippen LogP contribution in [-0.2, 0) is 41.2 Å². The van der Waals surface area contributed by atoms with Crippen molar-refractivity contribution in [3.05, 3.63) is 76.4 Å². The number of hydrogen-bond donors (Lipinski definition) is 0. The number of carbonyl (C=O) groups is 1. The summed E-state index contributed by atoms with van der Waals surface area (Å²) >= 11 is 0. The lowest BCUT2D eigenvalue weighted by Crippen LogP contribution is -2.60. The van der Waals surface area contributed by atoms with Gasteiger partial charge in [0.15, 0.2) is 17.7 Å². The first kappa shape index (κ1) is 27.7. The van der Waals surface area contributed by atoms with Crippen molar-refractivity contribution in [2.75, 3.05) is 44.9 Å². The number of rotatable bonds is 8. The number of methoxy groups -OCH3 is 1. The molecule has 1 aromatic heterocycles. The van der Waals surface area contributed by atoms with Crippen LogP contribution in [0.2, 0.25) is 0 Å². The molecule has 1 atom stereocenters. The number of anilines is 1. The maximum atomic E-state index is 15.8. The summed E-state index contributed by atoms with van der Waals surface area (Å²) in [4.78, 5) is 16.5. The molecule has 2 saturated heterocycles. The quantitative estimate of drug-likeness (QED) is 0.375. The summed E-state index contributed by atoms with van der Waals surface area (Å²) in [6.07, 6.45) is -4.86. The van der Waals surface area contributed by atoms with E-state index in [1.54, 1.807) is 36.2 Å². The average molecular weight is 578 g/mol. The highest BCUT2D eigenvalue weighted by Gasteiger charge is 2.51. The van der Waals surface area contributed by atoms with Crippen LogP contribution in [0, 0.1) is 0 Å². The van der Waals surface area contributed by atoms with Gasteiger partial charge in [0.2, 0.25) is 0 Å². The standard InChI is InChI=1S/C28H28F5N5O3/c1-36-16-34-35-24(36)23(29)27(14-41-15-27)18-4-3-5-19(8-18)38-10-21-20(25(38)39)6-17(7-22(21)28(31,32)33)9-37-11-26(30,12-37)13-40-2/h3-8,16,23H,9-15H2,1-2H3/t23-/m1/s1. The number of benzene rings is 2. The van der Waals surface area contributed by atoms with E-state index in [0.29, 0.717) is 11.3 Å². The van der Waals surface area contributed by atoms with E-state index in [4.69, 9.17) is 9.47 Å². The van der Waals surface area contributed by atoms with Crippen molar-refractivity contribution < 1.29 is 36.2 Å². The molecule has 1 amide bonds. The zero-order valence-corrected chi connectivity index (χ0v) is 22.4. The number of alkyl halides is 5. The maximum absolute atomic E-state index is 15.8. The van der Waals surface area contributed by atoms with E-state index in [9.17, 15) is 22.4 Å². The molecule has 13 heteroatoms. The average Bonchev–Trinajstić information content (AvgIpc) is 3.45. The van der Waals surface area contributed by atoms with Crippen molar-refractivity contribution in [2.24, 2.45) is 7.05 Å². The third kappa shape index (κ3) is 4.69. The molecule has 3 aliphatic rings. The van der Waals surface area contributed by atoms with Crippen LogP contribution in [0.15, 0.2) is 42.7 Å². The molecule has 2 fully saturated rings. The summed E-state index contributed by atoms with van der Waals surface area (Å²) in [5.74, 6) is -0.462. The minimum absolute atomic E-state index is 0.0293. The number of amides is 1. The Morgan fingerprint density at radius 3 is 2.54 bits per heavy atom. The number of ether oxygens (including phenoxy) is 2. The van der Waals surface area contributed by atoms with Crippen LogP contribution < -0.4 is 4.90 Å². The monoisotopic (exact) mass is 577 g/mol. The van der Waals surface area contributed by atoms with E-state index in [1.807, 2.05) is 0 Å². The Morgan fingerprint density at radius 2 is 1.93 bits per heavy atom. The predicted octanol–water partition coefficient (Wildman–Crippen LogP) is 4.14. The summed E-state index contributed by atoms with van der Waals surface area (Å²) in [5.41, 5.74) is -2.52. The van der Waals surface area contributed by atoms with Crippen LogP contribution in [-0.4, -0.2) is 71.3 Å². The molecular weight excluding hydrogens is 549 g/mol. The maximum Gasteiger partial charge on any atom is 0.416 e. The Hall–Kier alpha value is -3.42. The highest BCUT2D eigenvalue weighted by Crippen LogP contribution is 2.47. The van der Waals surface area contributed by atoms with Gasteiger partial charge in [-0.25, -0.2) is 8.78 Å².